The van der Waals surface area contributed by atoms with Gasteiger partial charge in [0, 0.05) is 23.4 Å². The normalized spacial score (nSPS) is 18.4. The Morgan fingerprint density at radius 3 is 2.74 bits per heavy atom. The molecule has 2 aliphatic rings. The molecule has 2 amide bonds. The highest BCUT2D eigenvalue weighted by atomic mass is 32.2. The van der Waals surface area contributed by atoms with Crippen molar-refractivity contribution in [1.82, 2.24) is 19.8 Å². The van der Waals surface area contributed by atoms with Gasteiger partial charge in [0.2, 0.25) is 0 Å². The zero-order chi connectivity index (χ0) is 19.3. The van der Waals surface area contributed by atoms with Gasteiger partial charge in [-0.05, 0) is 25.0 Å². The number of carbonyl (C=O) groups excluding carboxylic acids is 2. The second-order valence-corrected chi connectivity index (χ2v) is 7.82. The van der Waals surface area contributed by atoms with E-state index in [1.54, 1.807) is 4.72 Å². The van der Waals surface area contributed by atoms with Crippen molar-refractivity contribution in [3.8, 4) is 16.9 Å². The van der Waals surface area contributed by atoms with Crippen LogP contribution < -0.4 is 14.3 Å². The van der Waals surface area contributed by atoms with E-state index in [1.165, 1.54) is 18.5 Å². The molecule has 0 radical (unpaired) electrons. The maximum Gasteiger partial charge on any atom is 0.342 e. The van der Waals surface area contributed by atoms with Crippen molar-refractivity contribution in [1.29, 1.82) is 0 Å². The van der Waals surface area contributed by atoms with Gasteiger partial charge in [-0.1, -0.05) is 0 Å². The molecule has 142 valence electrons. The predicted molar refractivity (Wildman–Crippen MR) is 90.6 cm³/mol. The van der Waals surface area contributed by atoms with Gasteiger partial charge in [-0.15, -0.1) is 0 Å². The number of nitrogens with one attached hydrogen (secondary N) is 2. The Labute approximate surface area is 152 Å². The molecule has 1 saturated carbocycles. The molecule has 27 heavy (non-hydrogen) atoms. The average Bonchev–Trinajstić information content (AvgIpc) is 3.17. The van der Waals surface area contributed by atoms with Gasteiger partial charge in [-0.25, -0.2) is 18.2 Å². The maximum absolute atomic E-state index is 15.0. The summed E-state index contributed by atoms with van der Waals surface area (Å²) in [6, 6.07) is 1.99. The molecule has 2 heterocycles. The zero-order valence-corrected chi connectivity index (χ0v) is 14.5. The van der Waals surface area contributed by atoms with E-state index in [0.717, 1.165) is 23.6 Å². The van der Waals surface area contributed by atoms with Crippen LogP contribution in [0.1, 0.15) is 12.8 Å². The summed E-state index contributed by atoms with van der Waals surface area (Å²) >= 11 is 0. The van der Waals surface area contributed by atoms with E-state index in [1.807, 2.05) is 0 Å². The molecule has 1 aliphatic heterocycles. The minimum atomic E-state index is -4.30. The summed E-state index contributed by atoms with van der Waals surface area (Å²) in [6.45, 7) is -0.653. The quantitative estimate of drug-likeness (QED) is 0.684. The molecule has 0 bridgehead atoms. The Balaban J connectivity index is 1.72. The number of halogens is 1. The smallest absolute Gasteiger partial charge is 0.342 e. The third kappa shape index (κ3) is 3.07. The lowest BCUT2D eigenvalue weighted by Gasteiger charge is -2.18. The number of carbonyl (C=O) groups is 2. The third-order valence-electron chi connectivity index (χ3n) is 4.17. The Kier molecular flexibility index (Phi) is 3.80. The fraction of sp³-hybridized carbons (Fsp3) is 0.267. The van der Waals surface area contributed by atoms with Crippen molar-refractivity contribution < 1.29 is 27.5 Å². The van der Waals surface area contributed by atoms with Gasteiger partial charge in [-0.3, -0.25) is 4.79 Å². The monoisotopic (exact) mass is 395 g/mol. The van der Waals surface area contributed by atoms with Gasteiger partial charge in [0.15, 0.2) is 5.82 Å². The van der Waals surface area contributed by atoms with Crippen molar-refractivity contribution in [2.45, 2.75) is 18.9 Å². The summed E-state index contributed by atoms with van der Waals surface area (Å²) in [5.74, 6) is -2.55. The number of aromatic nitrogens is 2. The van der Waals surface area contributed by atoms with Crippen LogP contribution in [0.4, 0.5) is 14.9 Å². The predicted octanol–water partition coefficient (Wildman–Crippen LogP) is 0.296. The van der Waals surface area contributed by atoms with E-state index in [0.29, 0.717) is 4.31 Å². The molecule has 0 spiro atoms. The second-order valence-electron chi connectivity index (χ2n) is 6.23. The van der Waals surface area contributed by atoms with Gasteiger partial charge in [-0.2, -0.15) is 18.2 Å². The lowest BCUT2D eigenvalue weighted by Crippen LogP contribution is -2.30. The molecule has 10 nitrogen and oxygen atoms in total. The first kappa shape index (κ1) is 17.3. The largest absolute Gasteiger partial charge is 0.506 e. The Morgan fingerprint density at radius 2 is 2.11 bits per heavy atom. The van der Waals surface area contributed by atoms with Gasteiger partial charge in [0.1, 0.15) is 18.0 Å². The van der Waals surface area contributed by atoms with Crippen LogP contribution in [0, 0.1) is 5.82 Å². The van der Waals surface area contributed by atoms with E-state index in [-0.39, 0.29) is 17.2 Å². The molecular weight excluding hydrogens is 381 g/mol. The summed E-state index contributed by atoms with van der Waals surface area (Å²) in [6.07, 6.45) is 4.33. The van der Waals surface area contributed by atoms with Crippen LogP contribution in [0.15, 0.2) is 24.5 Å². The highest BCUT2D eigenvalue weighted by molar-refractivity contribution is 7.92. The summed E-state index contributed by atoms with van der Waals surface area (Å²) in [4.78, 5) is 23.4. The van der Waals surface area contributed by atoms with E-state index in [2.05, 4.69) is 10.4 Å². The molecule has 1 aromatic carbocycles. The minimum Gasteiger partial charge on any atom is -0.506 e. The molecule has 1 aliphatic carbocycles. The van der Waals surface area contributed by atoms with Crippen molar-refractivity contribution in [2.24, 2.45) is 0 Å². The molecule has 12 heteroatoms. The van der Waals surface area contributed by atoms with Crippen LogP contribution >= 0.6 is 0 Å². The van der Waals surface area contributed by atoms with Crippen LogP contribution in [0.3, 0.4) is 0 Å². The lowest BCUT2D eigenvalue weighted by atomic mass is 10.1. The standard InChI is InChI=1S/C15H14FN5O5S/c16-13-10(8-5-17-20(6-8)15(24)18-9-1-2-9)3-4-11(22)14(13)21-7-12(23)19-27(21,25)26/h3-6,9,22H,1-2,7H2,(H,18,24)(H,19,23). The number of amides is 2. The summed E-state index contributed by atoms with van der Waals surface area (Å²) in [5, 5.41) is 16.6. The van der Waals surface area contributed by atoms with E-state index in [9.17, 15) is 23.1 Å². The fourth-order valence-corrected chi connectivity index (χ4v) is 3.87. The number of benzene rings is 1. The molecular formula is C15H14FN5O5S. The lowest BCUT2D eigenvalue weighted by molar-refractivity contribution is -0.117. The van der Waals surface area contributed by atoms with E-state index in [4.69, 9.17) is 0 Å². The van der Waals surface area contributed by atoms with Crippen molar-refractivity contribution >= 4 is 27.8 Å². The highest BCUT2D eigenvalue weighted by Crippen LogP contribution is 2.38. The van der Waals surface area contributed by atoms with Crippen LogP contribution in [-0.2, 0) is 15.0 Å². The van der Waals surface area contributed by atoms with Crippen molar-refractivity contribution in [3.05, 3.63) is 30.3 Å². The topological polar surface area (TPSA) is 134 Å². The first-order chi connectivity index (χ1) is 12.8. The Bertz CT molecular complexity index is 1060. The molecule has 0 unspecified atom stereocenters. The van der Waals surface area contributed by atoms with E-state index >= 15 is 4.39 Å². The summed E-state index contributed by atoms with van der Waals surface area (Å²) in [5.41, 5.74) is -0.528. The second kappa shape index (κ2) is 5.94. The molecule has 1 saturated heterocycles. The number of anilines is 1. The summed E-state index contributed by atoms with van der Waals surface area (Å²) in [7, 11) is -4.30. The zero-order valence-electron chi connectivity index (χ0n) is 13.7. The number of phenols is 1. The molecule has 3 N–H and O–H groups in total. The number of phenolic OH excluding ortho intramolecular Hbond substituents is 1. The van der Waals surface area contributed by atoms with Crippen molar-refractivity contribution in [2.75, 3.05) is 10.8 Å². The van der Waals surface area contributed by atoms with Crippen LogP contribution in [0.5, 0.6) is 5.75 Å². The number of aromatic hydroxyl groups is 1. The van der Waals surface area contributed by atoms with Gasteiger partial charge >= 0.3 is 16.2 Å². The number of rotatable bonds is 3. The maximum atomic E-state index is 15.0. The van der Waals surface area contributed by atoms with Crippen LogP contribution in [0.25, 0.3) is 11.1 Å². The fourth-order valence-electron chi connectivity index (χ4n) is 2.70. The minimum absolute atomic E-state index is 0.0807. The van der Waals surface area contributed by atoms with Gasteiger partial charge in [0.25, 0.3) is 5.91 Å². The highest BCUT2D eigenvalue weighted by Gasteiger charge is 2.38. The average molecular weight is 395 g/mol. The van der Waals surface area contributed by atoms with Gasteiger partial charge < -0.3 is 10.4 Å². The first-order valence-electron chi connectivity index (χ1n) is 7.97. The first-order valence-corrected chi connectivity index (χ1v) is 9.41. The molecule has 4 rings (SSSR count). The molecule has 1 aromatic heterocycles. The molecule has 0 atom stereocenters. The number of nitrogens with zero attached hydrogens (tertiary/aromatic N) is 3. The van der Waals surface area contributed by atoms with Gasteiger partial charge in [0.05, 0.1) is 6.20 Å². The molecule has 2 aromatic rings. The SMILES string of the molecule is O=C1CN(c2c(O)ccc(-c3cnn(C(=O)NC4CC4)c3)c2F)S(=O)(=O)N1. The number of hydrogen-bond donors (Lipinski definition) is 3. The summed E-state index contributed by atoms with van der Waals surface area (Å²) < 4.78 is 42.2. The molecule has 2 fully saturated rings. The van der Waals surface area contributed by atoms with Crippen LogP contribution in [0.2, 0.25) is 0 Å². The Morgan fingerprint density at radius 1 is 1.37 bits per heavy atom. The van der Waals surface area contributed by atoms with Crippen molar-refractivity contribution in [3.63, 3.8) is 0 Å². The van der Waals surface area contributed by atoms with E-state index < -0.39 is 45.9 Å². The number of hydrogen-bond acceptors (Lipinski definition) is 6. The Hall–Kier alpha value is -3.15. The van der Waals surface area contributed by atoms with Crippen LogP contribution in [-0.4, -0.2) is 47.8 Å². The third-order valence-corrected chi connectivity index (χ3v) is 5.55.